The third-order valence-corrected chi connectivity index (χ3v) is 3.32. The standard InChI is InChI=1S/C12H19N3O2/c1-2-14-8-5-11(16)15(12(14)17)10-9-13-6-3-4-7-13/h5,8H,2-4,6-7,9-10H2,1H3. The molecule has 0 radical (unpaired) electrons. The summed E-state index contributed by atoms with van der Waals surface area (Å²) in [6.45, 7) is 5.97. The fourth-order valence-electron chi connectivity index (χ4n) is 2.25. The Morgan fingerprint density at radius 3 is 2.53 bits per heavy atom. The Morgan fingerprint density at radius 2 is 1.88 bits per heavy atom. The van der Waals surface area contributed by atoms with Crippen LogP contribution < -0.4 is 11.2 Å². The first kappa shape index (κ1) is 12.1. The van der Waals surface area contributed by atoms with Gasteiger partial charge in [0.1, 0.15) is 0 Å². The summed E-state index contributed by atoms with van der Waals surface area (Å²) in [6.07, 6.45) is 4.02. The van der Waals surface area contributed by atoms with Gasteiger partial charge in [0, 0.05) is 31.9 Å². The van der Waals surface area contributed by atoms with E-state index in [0.29, 0.717) is 13.1 Å². The molecule has 0 aromatic carbocycles. The minimum Gasteiger partial charge on any atom is -0.302 e. The zero-order valence-corrected chi connectivity index (χ0v) is 10.3. The third kappa shape index (κ3) is 2.66. The number of aromatic nitrogens is 2. The maximum Gasteiger partial charge on any atom is 0.330 e. The molecule has 1 saturated heterocycles. The van der Waals surface area contributed by atoms with Gasteiger partial charge in [0.15, 0.2) is 0 Å². The van der Waals surface area contributed by atoms with E-state index in [9.17, 15) is 9.59 Å². The van der Waals surface area contributed by atoms with Gasteiger partial charge < -0.3 is 9.47 Å². The second-order valence-corrected chi connectivity index (χ2v) is 4.42. The van der Waals surface area contributed by atoms with Gasteiger partial charge >= 0.3 is 5.69 Å². The minimum atomic E-state index is -0.195. The van der Waals surface area contributed by atoms with E-state index < -0.39 is 0 Å². The van der Waals surface area contributed by atoms with E-state index in [4.69, 9.17) is 0 Å². The quantitative estimate of drug-likeness (QED) is 0.747. The number of aryl methyl sites for hydroxylation is 1. The number of likely N-dealkylation sites (tertiary alicyclic amines) is 1. The lowest BCUT2D eigenvalue weighted by atomic mass is 10.4. The second-order valence-electron chi connectivity index (χ2n) is 4.42. The molecule has 94 valence electrons. The molecule has 1 fully saturated rings. The molecule has 0 spiro atoms. The van der Waals surface area contributed by atoms with Crippen LogP contribution in [0.25, 0.3) is 0 Å². The summed E-state index contributed by atoms with van der Waals surface area (Å²) in [5.41, 5.74) is -0.391. The Kier molecular flexibility index (Phi) is 3.78. The van der Waals surface area contributed by atoms with Crippen molar-refractivity contribution in [1.82, 2.24) is 14.0 Å². The molecule has 0 aliphatic carbocycles. The van der Waals surface area contributed by atoms with Crippen LogP contribution in [0, 0.1) is 0 Å². The van der Waals surface area contributed by atoms with Crippen molar-refractivity contribution in [3.05, 3.63) is 33.1 Å². The van der Waals surface area contributed by atoms with Crippen LogP contribution in [0.15, 0.2) is 21.9 Å². The summed E-state index contributed by atoms with van der Waals surface area (Å²) in [7, 11) is 0. The van der Waals surface area contributed by atoms with Crippen molar-refractivity contribution >= 4 is 0 Å². The molecule has 0 saturated carbocycles. The van der Waals surface area contributed by atoms with Crippen LogP contribution in [-0.4, -0.2) is 33.7 Å². The molecule has 2 rings (SSSR count). The van der Waals surface area contributed by atoms with Gasteiger partial charge in [-0.05, 0) is 32.9 Å². The van der Waals surface area contributed by atoms with E-state index in [1.165, 1.54) is 23.5 Å². The summed E-state index contributed by atoms with van der Waals surface area (Å²) in [4.78, 5) is 25.9. The number of nitrogens with zero attached hydrogens (tertiary/aromatic N) is 3. The molecule has 0 unspecified atom stereocenters. The van der Waals surface area contributed by atoms with Gasteiger partial charge in [-0.25, -0.2) is 4.79 Å². The van der Waals surface area contributed by atoms with Crippen LogP contribution in [-0.2, 0) is 13.1 Å². The van der Waals surface area contributed by atoms with Crippen LogP contribution in [0.1, 0.15) is 19.8 Å². The smallest absolute Gasteiger partial charge is 0.302 e. The minimum absolute atomic E-state index is 0.195. The van der Waals surface area contributed by atoms with E-state index in [1.807, 2.05) is 6.92 Å². The maximum atomic E-state index is 11.9. The van der Waals surface area contributed by atoms with Crippen molar-refractivity contribution in [3.63, 3.8) is 0 Å². The molecule has 1 aromatic heterocycles. The molecule has 0 bridgehead atoms. The number of hydrogen-bond acceptors (Lipinski definition) is 3. The highest BCUT2D eigenvalue weighted by atomic mass is 16.2. The normalized spacial score (nSPS) is 16.5. The summed E-state index contributed by atoms with van der Waals surface area (Å²) < 4.78 is 2.90. The van der Waals surface area contributed by atoms with Gasteiger partial charge in [-0.2, -0.15) is 0 Å². The van der Waals surface area contributed by atoms with Gasteiger partial charge in [0.05, 0.1) is 0 Å². The molecule has 0 atom stereocenters. The molecule has 1 aliphatic rings. The predicted octanol–water partition coefficient (Wildman–Crippen LogP) is 0.126. The highest BCUT2D eigenvalue weighted by molar-refractivity contribution is 4.86. The highest BCUT2D eigenvalue weighted by Gasteiger charge is 2.12. The molecule has 17 heavy (non-hydrogen) atoms. The summed E-state index contributed by atoms with van der Waals surface area (Å²) in [6, 6.07) is 1.47. The Bertz CT molecular complexity index is 483. The second kappa shape index (κ2) is 5.31. The first-order chi connectivity index (χ1) is 8.22. The molecule has 5 nitrogen and oxygen atoms in total. The lowest BCUT2D eigenvalue weighted by Gasteiger charge is -2.15. The maximum absolute atomic E-state index is 11.9. The first-order valence-electron chi connectivity index (χ1n) is 6.25. The van der Waals surface area contributed by atoms with Gasteiger partial charge in [-0.3, -0.25) is 9.36 Å². The fourth-order valence-corrected chi connectivity index (χ4v) is 2.25. The monoisotopic (exact) mass is 237 g/mol. The van der Waals surface area contributed by atoms with E-state index >= 15 is 0 Å². The van der Waals surface area contributed by atoms with Gasteiger partial charge in [-0.15, -0.1) is 0 Å². The van der Waals surface area contributed by atoms with Crippen molar-refractivity contribution in [1.29, 1.82) is 0 Å². The van der Waals surface area contributed by atoms with Crippen molar-refractivity contribution in [3.8, 4) is 0 Å². The Balaban J connectivity index is 2.14. The van der Waals surface area contributed by atoms with Crippen LogP contribution in [0.2, 0.25) is 0 Å². The predicted molar refractivity (Wildman–Crippen MR) is 66.3 cm³/mol. The van der Waals surface area contributed by atoms with Gasteiger partial charge in [0.25, 0.3) is 5.56 Å². The SMILES string of the molecule is CCn1ccc(=O)n(CCN2CCCC2)c1=O. The topological polar surface area (TPSA) is 47.2 Å². The summed E-state index contributed by atoms with van der Waals surface area (Å²) >= 11 is 0. The van der Waals surface area contributed by atoms with Gasteiger partial charge in [0.2, 0.25) is 0 Å². The molecule has 1 aromatic rings. The van der Waals surface area contributed by atoms with Crippen LogP contribution in [0.3, 0.4) is 0 Å². The Morgan fingerprint density at radius 1 is 1.18 bits per heavy atom. The van der Waals surface area contributed by atoms with Crippen LogP contribution >= 0.6 is 0 Å². The summed E-state index contributed by atoms with van der Waals surface area (Å²) in [5, 5.41) is 0. The van der Waals surface area contributed by atoms with Gasteiger partial charge in [-0.1, -0.05) is 0 Å². The van der Waals surface area contributed by atoms with Crippen LogP contribution in [0.4, 0.5) is 0 Å². The molecule has 2 heterocycles. The largest absolute Gasteiger partial charge is 0.330 e. The lowest BCUT2D eigenvalue weighted by molar-refractivity contribution is 0.316. The third-order valence-electron chi connectivity index (χ3n) is 3.32. The van der Waals surface area contributed by atoms with Crippen molar-refractivity contribution in [2.24, 2.45) is 0 Å². The van der Waals surface area contributed by atoms with E-state index in [-0.39, 0.29) is 11.2 Å². The van der Waals surface area contributed by atoms with E-state index in [1.54, 1.807) is 10.8 Å². The highest BCUT2D eigenvalue weighted by Crippen LogP contribution is 2.06. The molecule has 5 heteroatoms. The Labute approximate surface area is 100 Å². The number of rotatable bonds is 4. The van der Waals surface area contributed by atoms with Crippen molar-refractivity contribution in [2.75, 3.05) is 19.6 Å². The molecular formula is C12H19N3O2. The fraction of sp³-hybridized carbons (Fsp3) is 0.667. The lowest BCUT2D eigenvalue weighted by Crippen LogP contribution is -2.41. The average molecular weight is 237 g/mol. The molecule has 1 aliphatic heterocycles. The van der Waals surface area contributed by atoms with Crippen molar-refractivity contribution in [2.45, 2.75) is 32.9 Å². The first-order valence-corrected chi connectivity index (χ1v) is 6.25. The average Bonchev–Trinajstić information content (AvgIpc) is 2.82. The molecular weight excluding hydrogens is 218 g/mol. The van der Waals surface area contributed by atoms with E-state index in [2.05, 4.69) is 4.90 Å². The zero-order valence-electron chi connectivity index (χ0n) is 10.3. The Hall–Kier alpha value is -1.36. The van der Waals surface area contributed by atoms with E-state index in [0.717, 1.165) is 19.6 Å². The van der Waals surface area contributed by atoms with Crippen LogP contribution in [0.5, 0.6) is 0 Å². The van der Waals surface area contributed by atoms with Crippen molar-refractivity contribution < 1.29 is 0 Å². The zero-order chi connectivity index (χ0) is 12.3. The summed E-state index contributed by atoms with van der Waals surface area (Å²) in [5.74, 6) is 0. The number of hydrogen-bond donors (Lipinski definition) is 0. The molecule has 0 amide bonds. The molecule has 0 N–H and O–H groups in total.